The summed E-state index contributed by atoms with van der Waals surface area (Å²) in [4.78, 5) is 51.3. The zero-order chi connectivity index (χ0) is 32.3. The van der Waals surface area contributed by atoms with Crippen molar-refractivity contribution in [2.24, 2.45) is 0 Å². The van der Waals surface area contributed by atoms with Crippen LogP contribution in [0, 0.1) is 11.6 Å². The number of carboxylic acids is 1. The summed E-state index contributed by atoms with van der Waals surface area (Å²) in [5.41, 5.74) is -0.0921. The molecule has 0 saturated carbocycles. The summed E-state index contributed by atoms with van der Waals surface area (Å²) in [6.45, 7) is 7.95. The maximum atomic E-state index is 14.1. The number of piperidine rings is 1. The van der Waals surface area contributed by atoms with Gasteiger partial charge in [0.25, 0.3) is 5.91 Å². The van der Waals surface area contributed by atoms with Gasteiger partial charge in [-0.25, -0.2) is 28.3 Å². The zero-order valence-electron chi connectivity index (χ0n) is 23.8. The first-order valence-corrected chi connectivity index (χ1v) is 14.7. The Morgan fingerprint density at radius 3 is 2.14 bits per heavy atom. The lowest BCUT2D eigenvalue weighted by atomic mass is 10.0. The molecule has 4 N–H and O–H groups in total. The number of H-pyrrole nitrogens is 2. The van der Waals surface area contributed by atoms with E-state index < -0.39 is 32.9 Å². The van der Waals surface area contributed by atoms with Crippen molar-refractivity contribution in [1.82, 2.24) is 30.2 Å². The number of hydrogen-bond acceptors (Lipinski definition) is 7. The molecule has 0 radical (unpaired) electrons. The molecule has 1 fully saturated rings. The molecule has 0 spiro atoms. The van der Waals surface area contributed by atoms with Crippen molar-refractivity contribution in [3.8, 4) is 0 Å². The molecule has 2 aromatic carbocycles. The number of aromatic nitrogens is 4. The van der Waals surface area contributed by atoms with Crippen molar-refractivity contribution in [2.75, 3.05) is 19.7 Å². The molecule has 4 aromatic rings. The molecule has 0 bridgehead atoms. The van der Waals surface area contributed by atoms with Crippen molar-refractivity contribution in [3.63, 3.8) is 0 Å². The van der Waals surface area contributed by atoms with E-state index in [4.69, 9.17) is 44.6 Å². The SMILES string of the molecule is CCOC(=O)c1c(F)ccc2[nH]c(C(=O)NC3CCN(C(C)C)CC3)nc12.O=C(O)c1c(F)ccc2[nH]c(C(Cl)(Cl)Cl)nc12. The first-order chi connectivity index (χ1) is 20.7. The highest BCUT2D eigenvalue weighted by molar-refractivity contribution is 6.66. The Labute approximate surface area is 265 Å². The van der Waals surface area contributed by atoms with Gasteiger partial charge >= 0.3 is 11.9 Å². The van der Waals surface area contributed by atoms with E-state index in [2.05, 4.69) is 44.0 Å². The van der Waals surface area contributed by atoms with Gasteiger partial charge in [-0.05, 0) is 57.9 Å². The Kier molecular flexibility index (Phi) is 10.3. The number of hydrogen-bond donors (Lipinski definition) is 4. The van der Waals surface area contributed by atoms with Crippen LogP contribution in [0.25, 0.3) is 22.1 Å². The lowest BCUT2D eigenvalue weighted by molar-refractivity contribution is 0.0522. The number of aromatic amines is 2. The van der Waals surface area contributed by atoms with Crippen LogP contribution in [0.3, 0.4) is 0 Å². The zero-order valence-corrected chi connectivity index (χ0v) is 26.1. The number of nitrogens with zero attached hydrogens (tertiary/aromatic N) is 3. The summed E-state index contributed by atoms with van der Waals surface area (Å²) in [7, 11) is 0. The number of imidazole rings is 2. The third-order valence-corrected chi connectivity index (χ3v) is 7.52. The molecule has 44 heavy (non-hydrogen) atoms. The summed E-state index contributed by atoms with van der Waals surface area (Å²) in [6.07, 6.45) is 1.74. The molecule has 1 amide bonds. The smallest absolute Gasteiger partial charge is 0.343 e. The Morgan fingerprint density at radius 2 is 1.59 bits per heavy atom. The second-order valence-electron chi connectivity index (χ2n) is 10.2. The highest BCUT2D eigenvalue weighted by atomic mass is 35.6. The van der Waals surface area contributed by atoms with Crippen LogP contribution in [0.1, 0.15) is 70.8 Å². The number of amides is 1. The van der Waals surface area contributed by atoms with E-state index in [-0.39, 0.29) is 52.3 Å². The highest BCUT2D eigenvalue weighted by Crippen LogP contribution is 2.37. The summed E-state index contributed by atoms with van der Waals surface area (Å²) < 4.78 is 30.5. The van der Waals surface area contributed by atoms with E-state index in [1.807, 2.05) is 0 Å². The predicted molar refractivity (Wildman–Crippen MR) is 161 cm³/mol. The van der Waals surface area contributed by atoms with Crippen LogP contribution in [-0.2, 0) is 8.53 Å². The van der Waals surface area contributed by atoms with Crippen LogP contribution >= 0.6 is 34.8 Å². The molecule has 1 aliphatic heterocycles. The number of halogens is 5. The lowest BCUT2D eigenvalue weighted by Gasteiger charge is -2.34. The number of carbonyl (C=O) groups excluding carboxylic acids is 2. The van der Waals surface area contributed by atoms with Crippen molar-refractivity contribution >= 4 is 74.7 Å². The molecule has 2 aromatic heterocycles. The summed E-state index contributed by atoms with van der Waals surface area (Å²) in [6, 6.07) is 5.51. The van der Waals surface area contributed by atoms with Gasteiger partial charge in [-0.15, -0.1) is 0 Å². The van der Waals surface area contributed by atoms with Gasteiger partial charge in [-0.2, -0.15) is 0 Å². The molecule has 5 rings (SSSR count). The predicted octanol–water partition coefficient (Wildman–Crippen LogP) is 5.71. The second kappa shape index (κ2) is 13.6. The number of fused-ring (bicyclic) bond motifs is 2. The number of likely N-dealkylation sites (tertiary alicyclic amines) is 1. The van der Waals surface area contributed by atoms with Gasteiger partial charge in [0, 0.05) is 25.2 Å². The molecule has 0 atom stereocenters. The van der Waals surface area contributed by atoms with Gasteiger partial charge in [-0.1, -0.05) is 34.8 Å². The Hall–Kier alpha value is -3.52. The number of rotatable bonds is 6. The minimum atomic E-state index is -1.83. The minimum absolute atomic E-state index is 0.0624. The topological polar surface area (TPSA) is 153 Å². The van der Waals surface area contributed by atoms with Crippen LogP contribution in [0.15, 0.2) is 24.3 Å². The van der Waals surface area contributed by atoms with Gasteiger partial charge in [0.05, 0.1) is 17.6 Å². The van der Waals surface area contributed by atoms with Crippen LogP contribution < -0.4 is 5.32 Å². The van der Waals surface area contributed by atoms with Gasteiger partial charge in [0.1, 0.15) is 33.8 Å². The van der Waals surface area contributed by atoms with Crippen LogP contribution in [0.5, 0.6) is 0 Å². The first-order valence-electron chi connectivity index (χ1n) is 13.6. The molecule has 1 aliphatic rings. The van der Waals surface area contributed by atoms with E-state index in [0.717, 1.165) is 38.1 Å². The molecule has 3 heterocycles. The molecule has 1 saturated heterocycles. The summed E-state index contributed by atoms with van der Waals surface area (Å²) in [5.74, 6) is -4.20. The molecule has 0 unspecified atom stereocenters. The molecule has 0 aliphatic carbocycles. The van der Waals surface area contributed by atoms with Crippen LogP contribution in [-0.4, -0.2) is 79.6 Å². The van der Waals surface area contributed by atoms with Crippen molar-refractivity contribution < 1.29 is 33.0 Å². The number of alkyl halides is 3. The third-order valence-electron chi connectivity index (χ3n) is 6.98. The van der Waals surface area contributed by atoms with Gasteiger partial charge in [0.2, 0.25) is 3.79 Å². The number of benzene rings is 2. The van der Waals surface area contributed by atoms with Gasteiger partial charge in [-0.3, -0.25) is 4.79 Å². The van der Waals surface area contributed by atoms with Crippen LogP contribution in [0.2, 0.25) is 0 Å². The minimum Gasteiger partial charge on any atom is -0.478 e. The van der Waals surface area contributed by atoms with E-state index in [9.17, 15) is 23.2 Å². The number of esters is 1. The van der Waals surface area contributed by atoms with E-state index >= 15 is 0 Å². The number of carboxylic acid groups (broad SMARTS) is 1. The van der Waals surface area contributed by atoms with Crippen molar-refractivity contribution in [2.45, 2.75) is 49.5 Å². The highest BCUT2D eigenvalue weighted by Gasteiger charge is 2.29. The summed E-state index contributed by atoms with van der Waals surface area (Å²) in [5, 5.41) is 11.9. The number of carbonyl (C=O) groups is 3. The van der Waals surface area contributed by atoms with E-state index in [0.29, 0.717) is 11.6 Å². The lowest BCUT2D eigenvalue weighted by Crippen LogP contribution is -2.46. The number of nitrogens with one attached hydrogen (secondary N) is 3. The molecular formula is C28H29Cl3F2N6O5. The molecule has 16 heteroatoms. The standard InChI is InChI=1S/C19H25FN4O3.C9H4Cl3FN2O2/c1-4-27-19(26)15-13(20)5-6-14-16(15)23-17(22-14)18(25)21-12-7-9-24(10-8-12)11(2)3;10-9(11,12)8-14-4-2-1-3(13)5(7(16)17)6(4)15-8/h5-6,11-12H,4,7-10H2,1-3H3,(H,21,25)(H,22,23);1-2H,(H,14,15)(H,16,17). The third kappa shape index (κ3) is 7.40. The number of aromatic carboxylic acids is 1. The van der Waals surface area contributed by atoms with Crippen molar-refractivity contribution in [1.29, 1.82) is 0 Å². The number of ether oxygens (including phenoxy) is 1. The maximum Gasteiger partial charge on any atom is 0.343 e. The van der Waals surface area contributed by atoms with Gasteiger partial charge < -0.3 is 30.0 Å². The molecule has 236 valence electrons. The molecular weight excluding hydrogens is 645 g/mol. The summed E-state index contributed by atoms with van der Waals surface area (Å²) >= 11 is 16.8. The van der Waals surface area contributed by atoms with E-state index in [1.165, 1.54) is 12.1 Å². The second-order valence-corrected chi connectivity index (χ2v) is 12.5. The Morgan fingerprint density at radius 1 is 1.02 bits per heavy atom. The van der Waals surface area contributed by atoms with Gasteiger partial charge in [0.15, 0.2) is 11.6 Å². The Balaban J connectivity index is 0.000000223. The van der Waals surface area contributed by atoms with E-state index in [1.54, 1.807) is 6.92 Å². The average Bonchev–Trinajstić information content (AvgIpc) is 3.58. The fourth-order valence-electron chi connectivity index (χ4n) is 4.76. The maximum absolute atomic E-state index is 14.1. The fourth-order valence-corrected chi connectivity index (χ4v) is 5.03. The quantitative estimate of drug-likeness (QED) is 0.150. The fraction of sp³-hybridized carbons (Fsp3) is 0.393. The Bertz CT molecular complexity index is 1700. The monoisotopic (exact) mass is 672 g/mol. The average molecular weight is 674 g/mol. The normalized spacial score (nSPS) is 14.5. The largest absolute Gasteiger partial charge is 0.478 e. The first kappa shape index (κ1) is 33.4. The van der Waals surface area contributed by atoms with Crippen molar-refractivity contribution in [3.05, 3.63) is 58.7 Å². The van der Waals surface area contributed by atoms with Crippen LogP contribution in [0.4, 0.5) is 8.78 Å². The molecule has 11 nitrogen and oxygen atoms in total.